The average Bonchev–Trinajstić information content (AvgIpc) is 3.03. The van der Waals surface area contributed by atoms with E-state index in [-0.39, 0.29) is 25.0 Å². The van der Waals surface area contributed by atoms with Crippen LogP contribution in [0.25, 0.3) is 0 Å². The minimum absolute atomic E-state index is 0.119. The van der Waals surface area contributed by atoms with E-state index in [2.05, 4.69) is 5.32 Å². The first kappa shape index (κ1) is 18.3. The van der Waals surface area contributed by atoms with Gasteiger partial charge in [-0.1, -0.05) is 25.0 Å². The van der Waals surface area contributed by atoms with Crippen molar-refractivity contribution in [1.82, 2.24) is 5.32 Å². The van der Waals surface area contributed by atoms with Crippen LogP contribution >= 0.6 is 0 Å². The summed E-state index contributed by atoms with van der Waals surface area (Å²) in [6.45, 7) is 5.79. The third-order valence-electron chi connectivity index (χ3n) is 4.29. The molecule has 2 rings (SSSR count). The lowest BCUT2D eigenvalue weighted by molar-refractivity contribution is -0.155. The van der Waals surface area contributed by atoms with Crippen LogP contribution in [0, 0.1) is 13.8 Å². The summed E-state index contributed by atoms with van der Waals surface area (Å²) in [6.07, 6.45) is 3.67. The zero-order valence-corrected chi connectivity index (χ0v) is 14.8. The van der Waals surface area contributed by atoms with E-state index < -0.39 is 12.1 Å². The molecule has 1 amide bonds. The zero-order valence-electron chi connectivity index (χ0n) is 14.8. The van der Waals surface area contributed by atoms with E-state index in [0.717, 1.165) is 42.6 Å². The Kier molecular flexibility index (Phi) is 6.64. The quantitative estimate of drug-likeness (QED) is 0.779. The molecule has 0 bridgehead atoms. The molecular formula is C19H27NO4. The lowest BCUT2D eigenvalue weighted by atomic mass is 10.1. The molecule has 1 aromatic rings. The van der Waals surface area contributed by atoms with Gasteiger partial charge < -0.3 is 14.8 Å². The van der Waals surface area contributed by atoms with Crippen molar-refractivity contribution in [3.8, 4) is 5.75 Å². The molecule has 1 unspecified atom stereocenters. The number of nitrogens with one attached hydrogen (secondary N) is 1. The Bertz CT molecular complexity index is 579. The third-order valence-corrected chi connectivity index (χ3v) is 4.29. The van der Waals surface area contributed by atoms with E-state index >= 15 is 0 Å². The third kappa shape index (κ3) is 5.55. The van der Waals surface area contributed by atoms with Crippen LogP contribution in [0.2, 0.25) is 0 Å². The van der Waals surface area contributed by atoms with Gasteiger partial charge in [-0.2, -0.15) is 0 Å². The van der Waals surface area contributed by atoms with E-state index in [1.807, 2.05) is 32.0 Å². The molecule has 1 N–H and O–H groups in total. The predicted molar refractivity (Wildman–Crippen MR) is 92.0 cm³/mol. The van der Waals surface area contributed by atoms with Crippen LogP contribution in [0.1, 0.15) is 50.2 Å². The normalized spacial score (nSPS) is 15.8. The van der Waals surface area contributed by atoms with Gasteiger partial charge in [0.1, 0.15) is 5.75 Å². The molecule has 1 saturated carbocycles. The van der Waals surface area contributed by atoms with Crippen molar-refractivity contribution in [2.24, 2.45) is 0 Å². The number of hydrogen-bond acceptors (Lipinski definition) is 4. The van der Waals surface area contributed by atoms with Crippen molar-refractivity contribution >= 4 is 11.9 Å². The molecule has 24 heavy (non-hydrogen) atoms. The minimum Gasteiger partial charge on any atom is -0.493 e. The highest BCUT2D eigenvalue weighted by atomic mass is 16.5. The van der Waals surface area contributed by atoms with Crippen LogP contribution in [0.3, 0.4) is 0 Å². The van der Waals surface area contributed by atoms with E-state index in [0.29, 0.717) is 0 Å². The second kappa shape index (κ2) is 8.71. The molecule has 132 valence electrons. The summed E-state index contributed by atoms with van der Waals surface area (Å²) in [4.78, 5) is 23.8. The Balaban J connectivity index is 1.70. The average molecular weight is 333 g/mol. The fourth-order valence-corrected chi connectivity index (χ4v) is 2.81. The maximum Gasteiger partial charge on any atom is 0.310 e. The van der Waals surface area contributed by atoms with Gasteiger partial charge in [0.05, 0.1) is 13.0 Å². The molecule has 0 aliphatic heterocycles. The summed E-state index contributed by atoms with van der Waals surface area (Å²) in [5.74, 6) is 0.134. The maximum absolute atomic E-state index is 12.0. The highest BCUT2D eigenvalue weighted by Crippen LogP contribution is 2.19. The number of carbonyl (C=O) groups excluding carboxylic acids is 2. The standard InChI is InChI=1S/C19H27NO4/c1-13-8-9-14(2)17(12-13)23-11-10-18(21)24-15(3)19(22)20-16-6-4-5-7-16/h8-9,12,15-16H,4-7,10-11H2,1-3H3,(H,20,22). The largest absolute Gasteiger partial charge is 0.493 e. The van der Waals surface area contributed by atoms with Crippen molar-refractivity contribution in [1.29, 1.82) is 0 Å². The number of carbonyl (C=O) groups is 2. The van der Waals surface area contributed by atoms with Crippen LogP contribution in [-0.4, -0.2) is 30.6 Å². The van der Waals surface area contributed by atoms with Gasteiger partial charge in [0.15, 0.2) is 6.10 Å². The fourth-order valence-electron chi connectivity index (χ4n) is 2.81. The van der Waals surface area contributed by atoms with Gasteiger partial charge in [-0.05, 0) is 50.8 Å². The van der Waals surface area contributed by atoms with Crippen molar-refractivity contribution in [2.45, 2.75) is 65.0 Å². The Morgan fingerprint density at radius 3 is 2.67 bits per heavy atom. The molecule has 1 aliphatic rings. The van der Waals surface area contributed by atoms with Crippen LogP contribution in [0.5, 0.6) is 5.75 Å². The highest BCUT2D eigenvalue weighted by molar-refractivity contribution is 5.83. The SMILES string of the molecule is Cc1ccc(C)c(OCCC(=O)OC(C)C(=O)NC2CCCC2)c1. The van der Waals surface area contributed by atoms with Gasteiger partial charge in [-0.25, -0.2) is 0 Å². The molecule has 0 radical (unpaired) electrons. The van der Waals surface area contributed by atoms with E-state index in [1.165, 1.54) is 0 Å². The van der Waals surface area contributed by atoms with E-state index in [1.54, 1.807) is 6.92 Å². The molecule has 0 spiro atoms. The molecule has 1 fully saturated rings. The van der Waals surface area contributed by atoms with Gasteiger partial charge in [0.25, 0.3) is 5.91 Å². The number of aryl methyl sites for hydroxylation is 2. The van der Waals surface area contributed by atoms with E-state index in [4.69, 9.17) is 9.47 Å². The van der Waals surface area contributed by atoms with Crippen molar-refractivity contribution in [3.05, 3.63) is 29.3 Å². The Morgan fingerprint density at radius 1 is 1.25 bits per heavy atom. The molecule has 0 aromatic heterocycles. The van der Waals surface area contributed by atoms with Gasteiger partial charge in [-0.15, -0.1) is 0 Å². The number of ether oxygens (including phenoxy) is 2. The Labute approximate surface area is 143 Å². The maximum atomic E-state index is 12.0. The number of benzene rings is 1. The number of esters is 1. The Morgan fingerprint density at radius 2 is 1.96 bits per heavy atom. The van der Waals surface area contributed by atoms with Gasteiger partial charge >= 0.3 is 5.97 Å². The first-order valence-electron chi connectivity index (χ1n) is 8.65. The Hall–Kier alpha value is -2.04. The summed E-state index contributed by atoms with van der Waals surface area (Å²) < 4.78 is 10.8. The van der Waals surface area contributed by atoms with Gasteiger partial charge in [0.2, 0.25) is 0 Å². The molecule has 1 aromatic carbocycles. The number of hydrogen-bond donors (Lipinski definition) is 1. The summed E-state index contributed by atoms with van der Waals surface area (Å²) in [5.41, 5.74) is 2.13. The molecule has 1 atom stereocenters. The first-order chi connectivity index (χ1) is 11.5. The summed E-state index contributed by atoms with van der Waals surface area (Å²) >= 11 is 0. The first-order valence-corrected chi connectivity index (χ1v) is 8.65. The minimum atomic E-state index is -0.765. The monoisotopic (exact) mass is 333 g/mol. The lowest BCUT2D eigenvalue weighted by Crippen LogP contribution is -2.41. The summed E-state index contributed by atoms with van der Waals surface area (Å²) in [7, 11) is 0. The highest BCUT2D eigenvalue weighted by Gasteiger charge is 2.22. The second-order valence-electron chi connectivity index (χ2n) is 6.49. The van der Waals surface area contributed by atoms with Crippen LogP contribution in [0.4, 0.5) is 0 Å². The molecular weight excluding hydrogens is 306 g/mol. The van der Waals surface area contributed by atoms with Gasteiger partial charge in [0, 0.05) is 6.04 Å². The topological polar surface area (TPSA) is 64.6 Å². The number of amides is 1. The number of rotatable bonds is 7. The smallest absolute Gasteiger partial charge is 0.310 e. The summed E-state index contributed by atoms with van der Waals surface area (Å²) in [5, 5.41) is 2.93. The zero-order chi connectivity index (χ0) is 17.5. The van der Waals surface area contributed by atoms with Crippen LogP contribution in [-0.2, 0) is 14.3 Å². The van der Waals surface area contributed by atoms with Crippen LogP contribution < -0.4 is 10.1 Å². The van der Waals surface area contributed by atoms with Crippen molar-refractivity contribution in [2.75, 3.05) is 6.61 Å². The molecule has 0 heterocycles. The molecule has 0 saturated heterocycles. The second-order valence-corrected chi connectivity index (χ2v) is 6.49. The molecule has 5 nitrogen and oxygen atoms in total. The van der Waals surface area contributed by atoms with E-state index in [9.17, 15) is 9.59 Å². The van der Waals surface area contributed by atoms with Gasteiger partial charge in [-0.3, -0.25) is 9.59 Å². The fraction of sp³-hybridized carbons (Fsp3) is 0.579. The summed E-state index contributed by atoms with van der Waals surface area (Å²) in [6, 6.07) is 6.17. The molecule has 5 heteroatoms. The van der Waals surface area contributed by atoms with Crippen LogP contribution in [0.15, 0.2) is 18.2 Å². The molecule has 1 aliphatic carbocycles. The van der Waals surface area contributed by atoms with Crippen molar-refractivity contribution in [3.63, 3.8) is 0 Å². The van der Waals surface area contributed by atoms with Crippen molar-refractivity contribution < 1.29 is 19.1 Å². The predicted octanol–water partition coefficient (Wildman–Crippen LogP) is 3.06. The lowest BCUT2D eigenvalue weighted by Gasteiger charge is -2.17.